The number of sulfonamides is 1. The number of anilines is 2. The van der Waals surface area contributed by atoms with Gasteiger partial charge in [-0.2, -0.15) is 13.4 Å². The van der Waals surface area contributed by atoms with E-state index in [0.29, 0.717) is 11.3 Å². The smallest absolute Gasteiger partial charge is 0.279 e. The van der Waals surface area contributed by atoms with Gasteiger partial charge in [0.05, 0.1) is 17.4 Å². The van der Waals surface area contributed by atoms with Crippen molar-refractivity contribution < 1.29 is 22.3 Å². The quantitative estimate of drug-likeness (QED) is 0.334. The molecule has 39 heavy (non-hydrogen) atoms. The van der Waals surface area contributed by atoms with E-state index in [1.165, 1.54) is 30.5 Å². The molecule has 11 nitrogen and oxygen atoms in total. The fourth-order valence-corrected chi connectivity index (χ4v) is 5.13. The third-order valence-electron chi connectivity index (χ3n) is 6.05. The van der Waals surface area contributed by atoms with E-state index in [1.54, 1.807) is 6.92 Å². The molecule has 2 aromatic heterocycles. The molecule has 3 heterocycles. The summed E-state index contributed by atoms with van der Waals surface area (Å²) in [4.78, 5) is 14.8. The van der Waals surface area contributed by atoms with Crippen molar-refractivity contribution in [2.24, 2.45) is 0 Å². The lowest BCUT2D eigenvalue weighted by Gasteiger charge is -2.29. The number of aromatic nitrogens is 3. The van der Waals surface area contributed by atoms with Crippen LogP contribution in [0.2, 0.25) is 0 Å². The summed E-state index contributed by atoms with van der Waals surface area (Å²) < 4.78 is 54.8. The summed E-state index contributed by atoms with van der Waals surface area (Å²) in [5.41, 5.74) is 6.58. The molecule has 0 unspecified atom stereocenters. The molecule has 1 saturated heterocycles. The molecule has 0 bridgehead atoms. The van der Waals surface area contributed by atoms with Crippen molar-refractivity contribution in [1.29, 1.82) is 5.41 Å². The fraction of sp³-hybridized carbons (Fsp3) is 0.385. The second-order valence-corrected chi connectivity index (χ2v) is 11.3. The summed E-state index contributed by atoms with van der Waals surface area (Å²) in [5.74, 6) is -0.228. The van der Waals surface area contributed by atoms with Crippen LogP contribution in [0.15, 0.2) is 41.6 Å². The molecule has 0 aliphatic carbocycles. The van der Waals surface area contributed by atoms with Crippen LogP contribution in [0.4, 0.5) is 15.9 Å². The number of ether oxygens (including phenoxy) is 2. The van der Waals surface area contributed by atoms with E-state index in [4.69, 9.17) is 20.6 Å². The summed E-state index contributed by atoms with van der Waals surface area (Å²) >= 11 is 0. The Bertz CT molecular complexity index is 1480. The van der Waals surface area contributed by atoms with Gasteiger partial charge in [-0.15, -0.1) is 0 Å². The van der Waals surface area contributed by atoms with Crippen molar-refractivity contribution in [3.8, 4) is 23.0 Å². The molecule has 208 valence electrons. The van der Waals surface area contributed by atoms with Crippen LogP contribution in [-0.2, 0) is 10.0 Å². The van der Waals surface area contributed by atoms with Gasteiger partial charge in [-0.1, -0.05) is 0 Å². The molecule has 4 rings (SSSR count). The molecular formula is C26H32FN7O4S. The molecule has 0 amide bonds. The number of nitrogens with two attached hydrogens (primary N) is 1. The molecule has 0 saturated carbocycles. The van der Waals surface area contributed by atoms with E-state index in [2.05, 4.69) is 24.6 Å². The molecule has 1 aliphatic rings. The second-order valence-electron chi connectivity index (χ2n) is 9.65. The monoisotopic (exact) mass is 557 g/mol. The highest BCUT2D eigenvalue weighted by Crippen LogP contribution is 2.30. The van der Waals surface area contributed by atoms with Gasteiger partial charge in [0.15, 0.2) is 10.9 Å². The summed E-state index contributed by atoms with van der Waals surface area (Å²) in [7, 11) is -2.16. The van der Waals surface area contributed by atoms with Crippen LogP contribution in [0.1, 0.15) is 39.2 Å². The first-order valence-corrected chi connectivity index (χ1v) is 13.9. The number of likely N-dealkylation sites (tertiary alicyclic amines) is 1. The summed E-state index contributed by atoms with van der Waals surface area (Å²) in [6, 6.07) is 6.65. The molecule has 1 fully saturated rings. The predicted octanol–water partition coefficient (Wildman–Crippen LogP) is 3.71. The van der Waals surface area contributed by atoms with E-state index in [0.717, 1.165) is 32.0 Å². The third-order valence-corrected chi connectivity index (χ3v) is 7.31. The highest BCUT2D eigenvalue weighted by molar-refractivity contribution is 7.92. The highest BCUT2D eigenvalue weighted by Gasteiger charge is 2.24. The maximum Gasteiger partial charge on any atom is 0.279 e. The number of benzene rings is 1. The zero-order valence-corrected chi connectivity index (χ0v) is 23.0. The Morgan fingerprint density at radius 3 is 2.56 bits per heavy atom. The molecule has 1 aromatic carbocycles. The van der Waals surface area contributed by atoms with Crippen LogP contribution in [0.3, 0.4) is 0 Å². The lowest BCUT2D eigenvalue weighted by atomic mass is 10.1. The van der Waals surface area contributed by atoms with Crippen molar-refractivity contribution in [2.45, 2.75) is 50.8 Å². The minimum absolute atomic E-state index is 0.0372. The van der Waals surface area contributed by atoms with Crippen molar-refractivity contribution in [3.05, 3.63) is 47.9 Å². The van der Waals surface area contributed by atoms with Gasteiger partial charge < -0.3 is 25.5 Å². The summed E-state index contributed by atoms with van der Waals surface area (Å²) in [6.45, 7) is 6.92. The van der Waals surface area contributed by atoms with Crippen molar-refractivity contribution in [2.75, 3.05) is 30.6 Å². The Morgan fingerprint density at radius 1 is 1.21 bits per heavy atom. The minimum atomic E-state index is -4.20. The van der Waals surface area contributed by atoms with Crippen LogP contribution < -0.4 is 19.9 Å². The maximum atomic E-state index is 15.1. The Balaban J connectivity index is 1.60. The average Bonchev–Trinajstić information content (AvgIpc) is 2.86. The van der Waals surface area contributed by atoms with Gasteiger partial charge in [0.1, 0.15) is 23.5 Å². The number of nitrogens with one attached hydrogen (secondary N) is 2. The first kappa shape index (κ1) is 28.2. The van der Waals surface area contributed by atoms with E-state index in [1.807, 2.05) is 20.9 Å². The van der Waals surface area contributed by atoms with Crippen molar-refractivity contribution in [3.63, 3.8) is 0 Å². The number of rotatable bonds is 9. The highest BCUT2D eigenvalue weighted by atomic mass is 32.2. The van der Waals surface area contributed by atoms with Gasteiger partial charge in [0, 0.05) is 36.6 Å². The van der Waals surface area contributed by atoms with Crippen LogP contribution in [0.25, 0.3) is 11.4 Å². The normalized spacial score (nSPS) is 14.8. The van der Waals surface area contributed by atoms with E-state index in [-0.39, 0.29) is 51.7 Å². The topological polar surface area (TPSA) is 156 Å². The predicted molar refractivity (Wildman–Crippen MR) is 146 cm³/mol. The van der Waals surface area contributed by atoms with Crippen LogP contribution in [-0.4, -0.2) is 66.3 Å². The molecule has 0 atom stereocenters. The zero-order chi connectivity index (χ0) is 28.3. The fourth-order valence-electron chi connectivity index (χ4n) is 4.10. The molecule has 0 radical (unpaired) electrons. The van der Waals surface area contributed by atoms with Crippen LogP contribution in [0, 0.1) is 11.2 Å². The molecule has 13 heteroatoms. The van der Waals surface area contributed by atoms with E-state index < -0.39 is 15.8 Å². The molecule has 0 spiro atoms. The molecule has 3 aromatic rings. The van der Waals surface area contributed by atoms with Crippen molar-refractivity contribution >= 4 is 27.2 Å². The third kappa shape index (κ3) is 6.79. The summed E-state index contributed by atoms with van der Waals surface area (Å²) in [6.07, 6.45) is 2.62. The van der Waals surface area contributed by atoms with Crippen molar-refractivity contribution in [1.82, 2.24) is 19.9 Å². The number of nitrogens with zero attached hydrogens (tertiary/aromatic N) is 4. The van der Waals surface area contributed by atoms with Gasteiger partial charge in [-0.05, 0) is 64.9 Å². The van der Waals surface area contributed by atoms with E-state index >= 15 is 4.39 Å². The number of halogens is 1. The zero-order valence-electron chi connectivity index (χ0n) is 22.2. The number of pyridine rings is 1. The molecular weight excluding hydrogens is 525 g/mol. The molecule has 4 N–H and O–H groups in total. The first-order chi connectivity index (χ1) is 18.4. The Morgan fingerprint density at radius 2 is 1.92 bits per heavy atom. The van der Waals surface area contributed by atoms with Gasteiger partial charge in [-0.25, -0.2) is 14.4 Å². The van der Waals surface area contributed by atoms with Gasteiger partial charge in [0.2, 0.25) is 5.88 Å². The molecule has 1 aliphatic heterocycles. The number of nitrogen functional groups attached to an aromatic ring is 1. The SMILES string of the molecule is CC(=N)c1c(N)nc(-c2ccc(NS(=O)(=O)c3cc(OC(C)C)ccn3)c(F)c2)nc1OC1CCN(C)CC1. The summed E-state index contributed by atoms with van der Waals surface area (Å²) in [5, 5.41) is 7.81. The van der Waals surface area contributed by atoms with E-state index in [9.17, 15) is 8.42 Å². The average molecular weight is 558 g/mol. The lowest BCUT2D eigenvalue weighted by Crippen LogP contribution is -2.36. The standard InChI is InChI=1S/C26H32FN7O4S/c1-15(2)37-19-7-10-30-22(14-19)39(35,36)33-21-6-5-17(13-20(21)27)25-31-24(29)23(16(3)28)26(32-25)38-18-8-11-34(4)12-9-18/h5-7,10,13-15,18,28,33H,8-9,11-12H2,1-4H3,(H2,29,31,32). The first-order valence-electron chi connectivity index (χ1n) is 12.5. The Kier molecular flexibility index (Phi) is 8.31. The number of piperidine rings is 1. The van der Waals surface area contributed by atoms with Crippen LogP contribution in [0.5, 0.6) is 11.6 Å². The Labute approximate surface area is 227 Å². The number of hydrogen-bond acceptors (Lipinski definition) is 10. The van der Waals surface area contributed by atoms with Gasteiger partial charge in [0.25, 0.3) is 10.0 Å². The van der Waals surface area contributed by atoms with Gasteiger partial charge in [-0.3, -0.25) is 4.72 Å². The Hall–Kier alpha value is -3.84. The van der Waals surface area contributed by atoms with Gasteiger partial charge >= 0.3 is 0 Å². The second kappa shape index (κ2) is 11.5. The largest absolute Gasteiger partial charge is 0.491 e. The lowest BCUT2D eigenvalue weighted by molar-refractivity contribution is 0.110. The number of hydrogen-bond donors (Lipinski definition) is 3. The minimum Gasteiger partial charge on any atom is -0.491 e. The van der Waals surface area contributed by atoms with Crippen LogP contribution >= 0.6 is 0 Å². The maximum absolute atomic E-state index is 15.1.